The second-order valence-electron chi connectivity index (χ2n) is 7.33. The van der Waals surface area contributed by atoms with Crippen LogP contribution in [0.1, 0.15) is 39.0 Å². The summed E-state index contributed by atoms with van der Waals surface area (Å²) < 4.78 is 27.2. The molecule has 3 rings (SSSR count). The third kappa shape index (κ3) is 4.14. The van der Waals surface area contributed by atoms with Gasteiger partial charge >= 0.3 is 0 Å². The van der Waals surface area contributed by atoms with E-state index in [1.807, 2.05) is 11.8 Å². The van der Waals surface area contributed by atoms with Crippen molar-refractivity contribution in [3.8, 4) is 0 Å². The van der Waals surface area contributed by atoms with Gasteiger partial charge in [-0.05, 0) is 51.2 Å². The zero-order valence-corrected chi connectivity index (χ0v) is 16.2. The fourth-order valence-electron chi connectivity index (χ4n) is 3.91. The van der Waals surface area contributed by atoms with Crippen LogP contribution in [0.2, 0.25) is 0 Å². The monoisotopic (exact) mass is 395 g/mol. The molecule has 0 N–H and O–H groups in total. The molecule has 2 aliphatic rings. The van der Waals surface area contributed by atoms with Gasteiger partial charge in [0.1, 0.15) is 0 Å². The summed E-state index contributed by atoms with van der Waals surface area (Å²) >= 11 is 0. The molecule has 1 aromatic carbocycles. The maximum absolute atomic E-state index is 12.9. The summed E-state index contributed by atoms with van der Waals surface area (Å²) in [6.45, 7) is 3.32. The molecular weight excluding hydrogens is 370 g/mol. The van der Waals surface area contributed by atoms with Crippen LogP contribution in [0.25, 0.3) is 0 Å². The van der Waals surface area contributed by atoms with Gasteiger partial charge in [-0.2, -0.15) is 4.31 Å². The molecule has 9 heteroatoms. The number of hydrogen-bond acceptors (Lipinski definition) is 5. The topological polar surface area (TPSA) is 101 Å². The second kappa shape index (κ2) is 7.93. The molecule has 2 fully saturated rings. The zero-order valence-electron chi connectivity index (χ0n) is 15.4. The highest BCUT2D eigenvalue weighted by Crippen LogP contribution is 2.28. The highest BCUT2D eigenvalue weighted by Gasteiger charge is 2.36. The predicted molar refractivity (Wildman–Crippen MR) is 99.6 cm³/mol. The number of carbonyl (C=O) groups is 1. The molecule has 2 unspecified atom stereocenters. The summed E-state index contributed by atoms with van der Waals surface area (Å²) in [6.07, 6.45) is 4.42. The van der Waals surface area contributed by atoms with Crippen LogP contribution in [0.4, 0.5) is 5.69 Å². The number of nitro benzene ring substituents is 1. The van der Waals surface area contributed by atoms with Gasteiger partial charge in [-0.1, -0.05) is 0 Å². The lowest BCUT2D eigenvalue weighted by molar-refractivity contribution is -0.384. The van der Waals surface area contributed by atoms with E-state index in [2.05, 4.69) is 0 Å². The minimum atomic E-state index is -3.78. The van der Waals surface area contributed by atoms with E-state index in [-0.39, 0.29) is 35.0 Å². The second-order valence-corrected chi connectivity index (χ2v) is 9.27. The first kappa shape index (κ1) is 19.8. The molecule has 1 amide bonds. The molecule has 0 aromatic heterocycles. The largest absolute Gasteiger partial charge is 0.340 e. The Hall–Kier alpha value is -2.00. The number of carbonyl (C=O) groups excluding carboxylic acids is 1. The number of benzene rings is 1. The van der Waals surface area contributed by atoms with Crippen molar-refractivity contribution >= 4 is 21.6 Å². The Morgan fingerprint density at radius 3 is 2.44 bits per heavy atom. The molecule has 0 spiro atoms. The van der Waals surface area contributed by atoms with Crippen molar-refractivity contribution in [2.75, 3.05) is 19.6 Å². The lowest BCUT2D eigenvalue weighted by Crippen LogP contribution is -2.50. The van der Waals surface area contributed by atoms with Crippen molar-refractivity contribution in [3.63, 3.8) is 0 Å². The number of sulfonamides is 1. The van der Waals surface area contributed by atoms with Crippen LogP contribution in [0, 0.1) is 16.0 Å². The van der Waals surface area contributed by atoms with E-state index >= 15 is 0 Å². The minimum absolute atomic E-state index is 0.0209. The maximum atomic E-state index is 12.9. The van der Waals surface area contributed by atoms with Crippen LogP contribution < -0.4 is 0 Å². The van der Waals surface area contributed by atoms with Gasteiger partial charge in [0, 0.05) is 37.8 Å². The van der Waals surface area contributed by atoms with Crippen LogP contribution in [0.3, 0.4) is 0 Å². The SMILES string of the molecule is CC1CCCCN1C(=O)C1CCCN(S(=O)(=O)c2ccc([N+](=O)[O-])cc2)C1. The third-order valence-electron chi connectivity index (χ3n) is 5.50. The number of rotatable bonds is 4. The number of non-ortho nitro benzene ring substituents is 1. The molecule has 27 heavy (non-hydrogen) atoms. The maximum Gasteiger partial charge on any atom is 0.269 e. The number of amides is 1. The van der Waals surface area contributed by atoms with Crippen molar-refractivity contribution < 1.29 is 18.1 Å². The molecule has 1 aromatic rings. The first-order valence-electron chi connectivity index (χ1n) is 9.36. The molecule has 0 radical (unpaired) electrons. The number of piperidine rings is 2. The van der Waals surface area contributed by atoms with Crippen LogP contribution in [0.5, 0.6) is 0 Å². The number of hydrogen-bond donors (Lipinski definition) is 0. The number of likely N-dealkylation sites (tertiary alicyclic amines) is 1. The van der Waals surface area contributed by atoms with Gasteiger partial charge in [0.25, 0.3) is 5.69 Å². The van der Waals surface area contributed by atoms with Gasteiger partial charge in [0.2, 0.25) is 15.9 Å². The van der Waals surface area contributed by atoms with Crippen LogP contribution in [-0.4, -0.2) is 54.1 Å². The highest BCUT2D eigenvalue weighted by atomic mass is 32.2. The van der Waals surface area contributed by atoms with E-state index in [0.29, 0.717) is 19.4 Å². The Morgan fingerprint density at radius 2 is 1.81 bits per heavy atom. The molecular formula is C18H25N3O5S. The Bertz CT molecular complexity index is 809. The van der Waals surface area contributed by atoms with Gasteiger partial charge in [-0.25, -0.2) is 8.42 Å². The van der Waals surface area contributed by atoms with Gasteiger partial charge in [0.15, 0.2) is 0 Å². The molecule has 2 heterocycles. The number of nitro groups is 1. The van der Waals surface area contributed by atoms with Gasteiger partial charge < -0.3 is 4.90 Å². The summed E-state index contributed by atoms with van der Waals surface area (Å²) in [5, 5.41) is 10.8. The van der Waals surface area contributed by atoms with E-state index in [4.69, 9.17) is 0 Å². The first-order chi connectivity index (χ1) is 12.8. The summed E-state index contributed by atoms with van der Waals surface area (Å²) in [7, 11) is -3.78. The molecule has 0 aliphatic carbocycles. The van der Waals surface area contributed by atoms with E-state index in [9.17, 15) is 23.3 Å². The zero-order chi connectivity index (χ0) is 19.6. The molecule has 0 saturated carbocycles. The van der Waals surface area contributed by atoms with Crippen LogP contribution in [0.15, 0.2) is 29.2 Å². The summed E-state index contributed by atoms with van der Waals surface area (Å²) in [5.74, 6) is -0.280. The molecule has 8 nitrogen and oxygen atoms in total. The van der Waals surface area contributed by atoms with Crippen molar-refractivity contribution in [1.82, 2.24) is 9.21 Å². The van der Waals surface area contributed by atoms with E-state index in [1.165, 1.54) is 28.6 Å². The van der Waals surface area contributed by atoms with Crippen molar-refractivity contribution in [2.45, 2.75) is 50.0 Å². The van der Waals surface area contributed by atoms with Gasteiger partial charge in [0.05, 0.1) is 15.7 Å². The first-order valence-corrected chi connectivity index (χ1v) is 10.8. The van der Waals surface area contributed by atoms with Crippen molar-refractivity contribution in [2.24, 2.45) is 5.92 Å². The Balaban J connectivity index is 1.74. The highest BCUT2D eigenvalue weighted by molar-refractivity contribution is 7.89. The standard InChI is InChI=1S/C18H25N3O5S/c1-14-5-2-3-12-20(14)18(22)15-6-4-11-19(13-15)27(25,26)17-9-7-16(8-10-17)21(23)24/h7-10,14-15H,2-6,11-13H2,1H3. The van der Waals surface area contributed by atoms with Crippen LogP contribution in [-0.2, 0) is 14.8 Å². The van der Waals surface area contributed by atoms with Gasteiger partial charge in [-0.15, -0.1) is 0 Å². The average molecular weight is 395 g/mol. The summed E-state index contributed by atoms with van der Waals surface area (Å²) in [6, 6.07) is 5.09. The van der Waals surface area contributed by atoms with Gasteiger partial charge in [-0.3, -0.25) is 14.9 Å². The van der Waals surface area contributed by atoms with E-state index in [1.54, 1.807) is 0 Å². The fraction of sp³-hybridized carbons (Fsp3) is 0.611. The van der Waals surface area contributed by atoms with Crippen molar-refractivity contribution in [3.05, 3.63) is 34.4 Å². The van der Waals surface area contributed by atoms with Crippen LogP contribution >= 0.6 is 0 Å². The van der Waals surface area contributed by atoms with Crippen molar-refractivity contribution in [1.29, 1.82) is 0 Å². The lowest BCUT2D eigenvalue weighted by Gasteiger charge is -2.38. The normalized spacial score (nSPS) is 24.6. The van der Waals surface area contributed by atoms with E-state index < -0.39 is 14.9 Å². The summed E-state index contributed by atoms with van der Waals surface area (Å²) in [4.78, 5) is 25.0. The summed E-state index contributed by atoms with van der Waals surface area (Å²) in [5.41, 5.74) is -0.153. The quantitative estimate of drug-likeness (QED) is 0.575. The minimum Gasteiger partial charge on any atom is -0.340 e. The Morgan fingerprint density at radius 1 is 1.11 bits per heavy atom. The fourth-order valence-corrected chi connectivity index (χ4v) is 5.44. The molecule has 148 valence electrons. The molecule has 2 aliphatic heterocycles. The lowest BCUT2D eigenvalue weighted by atomic mass is 9.95. The molecule has 2 saturated heterocycles. The Labute approximate surface area is 159 Å². The molecule has 0 bridgehead atoms. The number of nitrogens with zero attached hydrogens (tertiary/aromatic N) is 3. The third-order valence-corrected chi connectivity index (χ3v) is 7.38. The van der Waals surface area contributed by atoms with E-state index in [0.717, 1.165) is 25.8 Å². The Kier molecular flexibility index (Phi) is 5.81. The molecule has 2 atom stereocenters. The predicted octanol–water partition coefficient (Wildman–Crippen LogP) is 2.40. The smallest absolute Gasteiger partial charge is 0.269 e. The average Bonchev–Trinajstić information content (AvgIpc) is 2.68.